The Balaban J connectivity index is 1.61. The minimum absolute atomic E-state index is 0.00728. The van der Waals surface area contributed by atoms with Crippen molar-refractivity contribution in [3.63, 3.8) is 0 Å². The van der Waals surface area contributed by atoms with Crippen LogP contribution in [0.25, 0.3) is 11.4 Å². The lowest BCUT2D eigenvalue weighted by molar-refractivity contribution is -0.126. The van der Waals surface area contributed by atoms with Gasteiger partial charge in [0.2, 0.25) is 17.6 Å². The highest BCUT2D eigenvalue weighted by atomic mass is 16.5. The van der Waals surface area contributed by atoms with Crippen molar-refractivity contribution in [3.05, 3.63) is 48.4 Å². The van der Waals surface area contributed by atoms with Crippen molar-refractivity contribution in [1.29, 1.82) is 0 Å². The van der Waals surface area contributed by atoms with Crippen molar-refractivity contribution in [2.75, 3.05) is 19.6 Å². The second kappa shape index (κ2) is 8.07. The number of hydrogen-bond donors (Lipinski definition) is 1. The van der Waals surface area contributed by atoms with Gasteiger partial charge >= 0.3 is 0 Å². The number of benzene rings is 1. The van der Waals surface area contributed by atoms with E-state index in [2.05, 4.69) is 26.9 Å². The summed E-state index contributed by atoms with van der Waals surface area (Å²) in [6, 6.07) is 8.03. The first kappa shape index (κ1) is 17.4. The molecule has 0 saturated carbocycles. The first-order chi connectivity index (χ1) is 12.2. The number of amides is 1. The maximum absolute atomic E-state index is 12.1. The molecular formula is C19H24N4O2. The molecule has 132 valence electrons. The van der Waals surface area contributed by atoms with Crippen LogP contribution in [0, 0.1) is 12.8 Å². The second-order valence-corrected chi connectivity index (χ2v) is 6.49. The minimum Gasteiger partial charge on any atom is -0.352 e. The second-order valence-electron chi connectivity index (χ2n) is 6.49. The Kier molecular flexibility index (Phi) is 5.60. The molecule has 0 spiro atoms. The average molecular weight is 340 g/mol. The first-order valence-electron chi connectivity index (χ1n) is 8.66. The minimum atomic E-state index is 0.00728. The summed E-state index contributed by atoms with van der Waals surface area (Å²) in [6.45, 7) is 8.40. The number of piperidine rings is 1. The van der Waals surface area contributed by atoms with E-state index in [-0.39, 0.29) is 11.8 Å². The lowest BCUT2D eigenvalue weighted by atomic mass is 9.97. The molecule has 6 heteroatoms. The number of likely N-dealkylation sites (tertiary alicyclic amines) is 1. The van der Waals surface area contributed by atoms with Gasteiger partial charge in [-0.25, -0.2) is 0 Å². The van der Waals surface area contributed by atoms with E-state index in [9.17, 15) is 4.79 Å². The Bertz CT molecular complexity index is 741. The molecule has 1 saturated heterocycles. The largest absolute Gasteiger partial charge is 0.352 e. The third-order valence-corrected chi connectivity index (χ3v) is 4.40. The molecule has 2 heterocycles. The summed E-state index contributed by atoms with van der Waals surface area (Å²) in [5.41, 5.74) is 2.11. The van der Waals surface area contributed by atoms with Crippen LogP contribution in [0.3, 0.4) is 0 Å². The Morgan fingerprint density at radius 1 is 1.52 bits per heavy atom. The molecule has 6 nitrogen and oxygen atoms in total. The summed E-state index contributed by atoms with van der Waals surface area (Å²) in [6.07, 6.45) is 3.60. The van der Waals surface area contributed by atoms with Crippen molar-refractivity contribution in [2.24, 2.45) is 5.92 Å². The summed E-state index contributed by atoms with van der Waals surface area (Å²) in [5, 5.41) is 6.97. The van der Waals surface area contributed by atoms with Gasteiger partial charge in [0, 0.05) is 18.7 Å². The van der Waals surface area contributed by atoms with Crippen molar-refractivity contribution in [3.8, 4) is 11.4 Å². The quantitative estimate of drug-likeness (QED) is 0.818. The SMILES string of the molecule is C=CCNC(=O)C1CCCN(Cc2nc(-c3cccc(C)c3)no2)C1. The topological polar surface area (TPSA) is 71.3 Å². The number of carbonyl (C=O) groups excluding carboxylic acids is 1. The highest BCUT2D eigenvalue weighted by molar-refractivity contribution is 5.79. The molecule has 1 amide bonds. The summed E-state index contributed by atoms with van der Waals surface area (Å²) in [7, 11) is 0. The Labute approximate surface area is 147 Å². The van der Waals surface area contributed by atoms with Gasteiger partial charge in [-0.3, -0.25) is 9.69 Å². The maximum Gasteiger partial charge on any atom is 0.241 e. The molecule has 1 aliphatic rings. The van der Waals surface area contributed by atoms with E-state index in [1.54, 1.807) is 6.08 Å². The van der Waals surface area contributed by atoms with Gasteiger partial charge in [-0.05, 0) is 32.4 Å². The third-order valence-electron chi connectivity index (χ3n) is 4.40. The van der Waals surface area contributed by atoms with Crippen molar-refractivity contribution in [2.45, 2.75) is 26.3 Å². The predicted octanol–water partition coefficient (Wildman–Crippen LogP) is 2.56. The van der Waals surface area contributed by atoms with Gasteiger partial charge < -0.3 is 9.84 Å². The van der Waals surface area contributed by atoms with Gasteiger partial charge in [-0.1, -0.05) is 35.0 Å². The molecular weight excluding hydrogens is 316 g/mol. The molecule has 1 atom stereocenters. The molecule has 1 fully saturated rings. The van der Waals surface area contributed by atoms with Crippen LogP contribution < -0.4 is 5.32 Å². The van der Waals surface area contributed by atoms with Gasteiger partial charge in [0.1, 0.15) is 0 Å². The predicted molar refractivity (Wildman–Crippen MR) is 95.7 cm³/mol. The normalized spacial score (nSPS) is 18.0. The molecule has 0 aliphatic carbocycles. The smallest absolute Gasteiger partial charge is 0.241 e. The fraction of sp³-hybridized carbons (Fsp3) is 0.421. The molecule has 1 aliphatic heterocycles. The lowest BCUT2D eigenvalue weighted by Gasteiger charge is -2.30. The molecule has 25 heavy (non-hydrogen) atoms. The van der Waals surface area contributed by atoms with Crippen LogP contribution in [-0.4, -0.2) is 40.6 Å². The fourth-order valence-electron chi connectivity index (χ4n) is 3.14. The van der Waals surface area contributed by atoms with E-state index in [4.69, 9.17) is 4.52 Å². The molecule has 1 aromatic heterocycles. The highest BCUT2D eigenvalue weighted by Gasteiger charge is 2.26. The molecule has 0 radical (unpaired) electrons. The van der Waals surface area contributed by atoms with Crippen LogP contribution in [0.4, 0.5) is 0 Å². The van der Waals surface area contributed by atoms with Crippen molar-refractivity contribution < 1.29 is 9.32 Å². The highest BCUT2D eigenvalue weighted by Crippen LogP contribution is 2.20. The van der Waals surface area contributed by atoms with E-state index < -0.39 is 0 Å². The zero-order valence-corrected chi connectivity index (χ0v) is 14.6. The maximum atomic E-state index is 12.1. The fourth-order valence-corrected chi connectivity index (χ4v) is 3.14. The Hall–Kier alpha value is -2.47. The molecule has 1 aromatic carbocycles. The molecule has 1 unspecified atom stereocenters. The van der Waals surface area contributed by atoms with E-state index in [0.717, 1.165) is 30.5 Å². The van der Waals surface area contributed by atoms with Crippen molar-refractivity contribution in [1.82, 2.24) is 20.4 Å². The van der Waals surface area contributed by atoms with Crippen LogP contribution in [0.1, 0.15) is 24.3 Å². The van der Waals surface area contributed by atoms with Crippen LogP contribution in [0.2, 0.25) is 0 Å². The Morgan fingerprint density at radius 2 is 2.40 bits per heavy atom. The van der Waals surface area contributed by atoms with Gasteiger partial charge in [-0.2, -0.15) is 4.98 Å². The van der Waals surface area contributed by atoms with E-state index in [0.29, 0.717) is 31.3 Å². The van der Waals surface area contributed by atoms with Crippen LogP contribution >= 0.6 is 0 Å². The number of aryl methyl sites for hydroxylation is 1. The zero-order chi connectivity index (χ0) is 17.6. The number of aromatic nitrogens is 2. The first-order valence-corrected chi connectivity index (χ1v) is 8.66. The molecule has 1 N–H and O–H groups in total. The zero-order valence-electron chi connectivity index (χ0n) is 14.6. The number of rotatable bonds is 6. The number of nitrogens with zero attached hydrogens (tertiary/aromatic N) is 3. The van der Waals surface area contributed by atoms with Crippen LogP contribution in [0.5, 0.6) is 0 Å². The lowest BCUT2D eigenvalue weighted by Crippen LogP contribution is -2.42. The molecule has 2 aromatic rings. The summed E-state index contributed by atoms with van der Waals surface area (Å²) < 4.78 is 5.41. The van der Waals surface area contributed by atoms with Gasteiger partial charge in [0.25, 0.3) is 0 Å². The number of carbonyl (C=O) groups is 1. The third kappa shape index (κ3) is 4.54. The molecule has 0 bridgehead atoms. The summed E-state index contributed by atoms with van der Waals surface area (Å²) in [4.78, 5) is 18.8. The average Bonchev–Trinajstić information content (AvgIpc) is 3.08. The van der Waals surface area contributed by atoms with E-state index in [1.807, 2.05) is 31.2 Å². The molecule has 3 rings (SSSR count). The summed E-state index contributed by atoms with van der Waals surface area (Å²) >= 11 is 0. The van der Waals surface area contributed by atoms with Crippen molar-refractivity contribution >= 4 is 5.91 Å². The van der Waals surface area contributed by atoms with Gasteiger partial charge in [0.05, 0.1) is 12.5 Å². The monoisotopic (exact) mass is 340 g/mol. The van der Waals surface area contributed by atoms with E-state index >= 15 is 0 Å². The standard InChI is InChI=1S/C19H24N4O2/c1-3-9-20-19(24)16-8-5-10-23(12-16)13-17-21-18(22-25-17)15-7-4-6-14(2)11-15/h3-4,6-7,11,16H,1,5,8-10,12-13H2,2H3,(H,20,24). The van der Waals surface area contributed by atoms with Crippen LogP contribution in [-0.2, 0) is 11.3 Å². The van der Waals surface area contributed by atoms with E-state index in [1.165, 1.54) is 0 Å². The Morgan fingerprint density at radius 3 is 3.20 bits per heavy atom. The van der Waals surface area contributed by atoms with Crippen LogP contribution in [0.15, 0.2) is 41.4 Å². The number of hydrogen-bond acceptors (Lipinski definition) is 5. The van der Waals surface area contributed by atoms with Gasteiger partial charge in [-0.15, -0.1) is 6.58 Å². The summed E-state index contributed by atoms with van der Waals surface area (Å²) in [5.74, 6) is 1.29. The number of nitrogens with one attached hydrogen (secondary N) is 1. The van der Waals surface area contributed by atoms with Gasteiger partial charge in [0.15, 0.2) is 0 Å².